The van der Waals surface area contributed by atoms with Gasteiger partial charge in [-0.15, -0.1) is 0 Å². The number of hydrogen-bond donors (Lipinski definition) is 0. The molecule has 0 bridgehead atoms. The fourth-order valence-corrected chi connectivity index (χ4v) is 0. The van der Waals surface area contributed by atoms with Gasteiger partial charge in [-0.1, -0.05) is 13.8 Å². The SMILES string of the molecule is CC([S-])C[S-].CC([S-])C[S-].[Sn+4]. The van der Waals surface area contributed by atoms with E-state index in [1.807, 2.05) is 13.8 Å². The summed E-state index contributed by atoms with van der Waals surface area (Å²) in [5.74, 6) is 1.41. The minimum atomic E-state index is 0. The summed E-state index contributed by atoms with van der Waals surface area (Å²) < 4.78 is 0. The molecule has 5 heteroatoms. The topological polar surface area (TPSA) is 0 Å². The van der Waals surface area contributed by atoms with E-state index in [9.17, 15) is 0 Å². The van der Waals surface area contributed by atoms with Gasteiger partial charge < -0.3 is 50.5 Å². The summed E-state index contributed by atoms with van der Waals surface area (Å²) in [7, 11) is 0. The molecule has 0 aromatic carbocycles. The molecule has 2 unspecified atom stereocenters. The first-order valence-corrected chi connectivity index (χ1v) is 5.12. The third-order valence-corrected chi connectivity index (χ3v) is 2.22. The first-order valence-electron chi connectivity index (χ1n) is 3.02. The minimum Gasteiger partial charge on any atom is -0.794 e. The number of hydrogen-bond acceptors (Lipinski definition) is 4. The Morgan fingerprint density at radius 2 is 1.00 bits per heavy atom. The first kappa shape index (κ1) is 18.9. The predicted octanol–water partition coefficient (Wildman–Crippen LogP) is 0.557. The molecule has 0 fully saturated rings. The summed E-state index contributed by atoms with van der Waals surface area (Å²) in [6.45, 7) is 3.87. The molecule has 0 rings (SSSR count). The Bertz CT molecular complexity index is 50.5. The zero-order chi connectivity index (χ0) is 8.57. The zero-order valence-electron chi connectivity index (χ0n) is 6.70. The molecule has 0 radical (unpaired) electrons. The second-order valence-corrected chi connectivity index (χ2v) is 4.23. The van der Waals surface area contributed by atoms with Crippen LogP contribution in [0.4, 0.5) is 0 Å². The van der Waals surface area contributed by atoms with Crippen molar-refractivity contribution in [3.8, 4) is 0 Å². The van der Waals surface area contributed by atoms with E-state index in [0.717, 1.165) is 0 Å². The monoisotopic (exact) mass is 332 g/mol. The van der Waals surface area contributed by atoms with Crippen LogP contribution in [0, 0.1) is 0 Å². The Labute approximate surface area is 109 Å². The molecule has 0 aromatic rings. The van der Waals surface area contributed by atoms with Gasteiger partial charge in [-0.2, -0.15) is 22.0 Å². The largest absolute Gasteiger partial charge is 4.00 e. The molecule has 0 saturated heterocycles. The van der Waals surface area contributed by atoms with E-state index >= 15 is 0 Å². The van der Waals surface area contributed by atoms with Crippen molar-refractivity contribution in [2.45, 2.75) is 24.3 Å². The maximum atomic E-state index is 4.68. The van der Waals surface area contributed by atoms with Crippen molar-refractivity contribution in [2.24, 2.45) is 0 Å². The van der Waals surface area contributed by atoms with Crippen molar-refractivity contribution in [1.29, 1.82) is 0 Å². The Balaban J connectivity index is -0.000000107. The third-order valence-electron chi connectivity index (χ3n) is 0.469. The quantitative estimate of drug-likeness (QED) is 0.535. The van der Waals surface area contributed by atoms with Crippen molar-refractivity contribution in [1.82, 2.24) is 0 Å². The van der Waals surface area contributed by atoms with Crippen molar-refractivity contribution < 1.29 is 0 Å². The van der Waals surface area contributed by atoms with Crippen LogP contribution in [0.1, 0.15) is 13.8 Å². The molecule has 11 heavy (non-hydrogen) atoms. The Morgan fingerprint density at radius 1 is 0.909 bits per heavy atom. The van der Waals surface area contributed by atoms with E-state index in [0.29, 0.717) is 11.5 Å². The zero-order valence-corrected chi connectivity index (χ0v) is 12.8. The van der Waals surface area contributed by atoms with Crippen molar-refractivity contribution >= 4 is 74.4 Å². The van der Waals surface area contributed by atoms with E-state index in [2.05, 4.69) is 50.5 Å². The smallest absolute Gasteiger partial charge is 0.794 e. The summed E-state index contributed by atoms with van der Waals surface area (Å²) in [4.78, 5) is 0. The molecule has 0 aliphatic carbocycles. The first-order chi connectivity index (χ1) is 4.54. The molecule has 0 nitrogen and oxygen atoms in total. The van der Waals surface area contributed by atoms with Gasteiger partial charge in [-0.05, 0) is 0 Å². The second-order valence-electron chi connectivity index (χ2n) is 1.95. The minimum absolute atomic E-state index is 0. The Kier molecular flexibility index (Phi) is 25.2. The van der Waals surface area contributed by atoms with Gasteiger partial charge in [0.1, 0.15) is 0 Å². The molecule has 0 heterocycles. The summed E-state index contributed by atoms with van der Waals surface area (Å²) in [6, 6.07) is 0. The molecular formula is C6H12S4Sn. The fourth-order valence-electron chi connectivity index (χ4n) is 0. The summed E-state index contributed by atoms with van der Waals surface area (Å²) in [5.41, 5.74) is 0. The molecule has 0 aromatic heterocycles. The standard InChI is InChI=1S/2C3H8S2.Sn/c2*1-3(5)2-4;/h2*3-5H,2H2,1H3;/q;;+4/p-4. The molecule has 2 atom stereocenters. The molecular weight excluding hydrogens is 319 g/mol. The molecule has 0 saturated carbocycles. The van der Waals surface area contributed by atoms with E-state index in [1.165, 1.54) is 0 Å². The van der Waals surface area contributed by atoms with Gasteiger partial charge in [0.25, 0.3) is 0 Å². The van der Waals surface area contributed by atoms with Crippen LogP contribution in [0.15, 0.2) is 0 Å². The van der Waals surface area contributed by atoms with Crippen molar-refractivity contribution in [3.63, 3.8) is 0 Å². The van der Waals surface area contributed by atoms with Crippen LogP contribution >= 0.6 is 0 Å². The summed E-state index contributed by atoms with van der Waals surface area (Å²) in [6.07, 6.45) is 0. The van der Waals surface area contributed by atoms with Crippen LogP contribution in [-0.2, 0) is 50.5 Å². The van der Waals surface area contributed by atoms with E-state index in [-0.39, 0.29) is 34.4 Å². The van der Waals surface area contributed by atoms with E-state index in [1.54, 1.807) is 0 Å². The van der Waals surface area contributed by atoms with Gasteiger partial charge in [0.2, 0.25) is 0 Å². The average Bonchev–Trinajstić information content (AvgIpc) is 1.89. The maximum Gasteiger partial charge on any atom is 4.00 e. The number of rotatable bonds is 2. The van der Waals surface area contributed by atoms with Gasteiger partial charge in [0.05, 0.1) is 0 Å². The van der Waals surface area contributed by atoms with Gasteiger partial charge in [0, 0.05) is 0 Å². The molecule has 0 aliphatic heterocycles. The van der Waals surface area contributed by atoms with Crippen LogP contribution < -0.4 is 0 Å². The van der Waals surface area contributed by atoms with Gasteiger partial charge in [-0.3, -0.25) is 0 Å². The molecule has 0 N–H and O–H groups in total. The van der Waals surface area contributed by atoms with Crippen molar-refractivity contribution in [3.05, 3.63) is 0 Å². The average molecular weight is 331 g/mol. The van der Waals surface area contributed by atoms with Crippen molar-refractivity contribution in [2.75, 3.05) is 11.5 Å². The van der Waals surface area contributed by atoms with Gasteiger partial charge in [-0.25, -0.2) is 0 Å². The van der Waals surface area contributed by atoms with Gasteiger partial charge in [0.15, 0.2) is 0 Å². The fraction of sp³-hybridized carbons (Fsp3) is 1.00. The molecule has 0 aliphatic rings. The van der Waals surface area contributed by atoms with Crippen LogP contribution in [0.25, 0.3) is 0 Å². The van der Waals surface area contributed by atoms with Crippen LogP contribution in [-0.4, -0.2) is 45.9 Å². The Morgan fingerprint density at radius 3 is 1.00 bits per heavy atom. The van der Waals surface area contributed by atoms with Crippen LogP contribution in [0.5, 0.6) is 0 Å². The van der Waals surface area contributed by atoms with E-state index in [4.69, 9.17) is 0 Å². The maximum absolute atomic E-state index is 4.68. The summed E-state index contributed by atoms with van der Waals surface area (Å²) >= 11 is 18.5. The molecule has 0 amide bonds. The second kappa shape index (κ2) is 14.7. The third kappa shape index (κ3) is 33.0. The van der Waals surface area contributed by atoms with Gasteiger partial charge >= 0.3 is 23.9 Å². The van der Waals surface area contributed by atoms with E-state index < -0.39 is 0 Å². The normalized spacial score (nSPS) is 13.6. The van der Waals surface area contributed by atoms with Crippen LogP contribution in [0.2, 0.25) is 0 Å². The summed E-state index contributed by atoms with van der Waals surface area (Å²) in [5, 5.41) is 0.565. The Hall–Kier alpha value is 2.20. The molecule has 0 spiro atoms. The predicted molar refractivity (Wildman–Crippen MR) is 63.9 cm³/mol. The van der Waals surface area contributed by atoms with Crippen LogP contribution in [0.3, 0.4) is 0 Å². The molecule has 64 valence electrons.